The Labute approximate surface area is 203 Å². The van der Waals surface area contributed by atoms with E-state index in [0.29, 0.717) is 28.5 Å². The summed E-state index contributed by atoms with van der Waals surface area (Å²) in [6, 6.07) is 7.75. The maximum absolute atomic E-state index is 15.1. The maximum atomic E-state index is 15.1. The van der Waals surface area contributed by atoms with Crippen LogP contribution in [0.25, 0.3) is 0 Å². The van der Waals surface area contributed by atoms with Gasteiger partial charge in [-0.2, -0.15) is 18.4 Å². The highest BCUT2D eigenvalue weighted by molar-refractivity contribution is 7.81. The molecule has 0 spiro atoms. The van der Waals surface area contributed by atoms with Gasteiger partial charge in [0.15, 0.2) is 22.4 Å². The molecule has 1 fully saturated rings. The van der Waals surface area contributed by atoms with Gasteiger partial charge in [0.2, 0.25) is 0 Å². The van der Waals surface area contributed by atoms with Crippen LogP contribution in [0.2, 0.25) is 0 Å². The average molecular weight is 509 g/mol. The van der Waals surface area contributed by atoms with Gasteiger partial charge in [0.1, 0.15) is 17.2 Å². The van der Waals surface area contributed by atoms with Crippen molar-refractivity contribution >= 4 is 34.6 Å². The Bertz CT molecular complexity index is 1260. The van der Waals surface area contributed by atoms with Crippen LogP contribution in [0.5, 0.6) is 11.5 Å². The summed E-state index contributed by atoms with van der Waals surface area (Å²) >= 11 is 5.44. The van der Waals surface area contributed by atoms with E-state index in [2.05, 4.69) is 0 Å². The molecule has 1 atom stereocenters. The third-order valence-corrected chi connectivity index (χ3v) is 6.18. The number of aliphatic hydroxyl groups excluding tert-OH is 1. The van der Waals surface area contributed by atoms with Crippen molar-refractivity contribution in [3.05, 3.63) is 47.3 Å². The zero-order valence-electron chi connectivity index (χ0n) is 18.5. The van der Waals surface area contributed by atoms with Gasteiger partial charge >= 0.3 is 6.18 Å². The smallest absolute Gasteiger partial charge is 0.420 e. The molecule has 7 nitrogen and oxygen atoms in total. The van der Waals surface area contributed by atoms with Gasteiger partial charge in [-0.15, -0.1) is 0 Å². The molecule has 2 aliphatic rings. The number of carbonyl (C=O) groups excluding carboxylic acids is 1. The summed E-state index contributed by atoms with van der Waals surface area (Å²) in [7, 11) is 0. The van der Waals surface area contributed by atoms with Crippen LogP contribution in [0.3, 0.4) is 0 Å². The summed E-state index contributed by atoms with van der Waals surface area (Å²) in [4.78, 5) is 15.4. The molecule has 2 heterocycles. The number of hydrogen-bond donors (Lipinski definition) is 1. The molecule has 0 aromatic heterocycles. The lowest BCUT2D eigenvalue weighted by molar-refractivity contribution is -0.140. The summed E-state index contributed by atoms with van der Waals surface area (Å²) in [6.45, 7) is 3.06. The second kappa shape index (κ2) is 8.66. The van der Waals surface area contributed by atoms with Gasteiger partial charge in [-0.1, -0.05) is 0 Å². The van der Waals surface area contributed by atoms with E-state index >= 15 is 4.39 Å². The highest BCUT2D eigenvalue weighted by atomic mass is 32.1. The highest BCUT2D eigenvalue weighted by Crippen LogP contribution is 2.43. The lowest BCUT2D eigenvalue weighted by Crippen LogP contribution is -2.44. The van der Waals surface area contributed by atoms with Crippen molar-refractivity contribution in [1.29, 1.82) is 5.26 Å². The van der Waals surface area contributed by atoms with Crippen molar-refractivity contribution < 1.29 is 36.9 Å². The number of nitrogens with zero attached hydrogens (tertiary/aromatic N) is 3. The fourth-order valence-electron chi connectivity index (χ4n) is 4.06. The number of nitriles is 1. The Hall–Kier alpha value is -3.43. The van der Waals surface area contributed by atoms with E-state index in [1.165, 1.54) is 24.8 Å². The Morgan fingerprint density at radius 1 is 1.26 bits per heavy atom. The van der Waals surface area contributed by atoms with Crippen LogP contribution < -0.4 is 19.3 Å². The molecular formula is C23H19F4N3O4S. The van der Waals surface area contributed by atoms with E-state index in [1.54, 1.807) is 18.2 Å². The number of alkyl halides is 3. The van der Waals surface area contributed by atoms with E-state index in [4.69, 9.17) is 27.0 Å². The largest absolute Gasteiger partial charge is 0.489 e. The quantitative estimate of drug-likeness (QED) is 0.491. The number of carbonyl (C=O) groups is 1. The third kappa shape index (κ3) is 4.04. The van der Waals surface area contributed by atoms with Crippen LogP contribution in [0.4, 0.5) is 28.9 Å². The Balaban J connectivity index is 1.78. The number of anilines is 2. The van der Waals surface area contributed by atoms with Gasteiger partial charge in [0.05, 0.1) is 30.5 Å². The predicted octanol–water partition coefficient (Wildman–Crippen LogP) is 4.16. The molecule has 1 N–H and O–H groups in total. The van der Waals surface area contributed by atoms with Crippen LogP contribution in [0, 0.1) is 17.1 Å². The van der Waals surface area contributed by atoms with Crippen LogP contribution in [0.1, 0.15) is 31.4 Å². The summed E-state index contributed by atoms with van der Waals surface area (Å²) in [6.07, 6.45) is -5.17. The third-order valence-electron chi connectivity index (χ3n) is 5.81. The first kappa shape index (κ1) is 24.7. The lowest BCUT2D eigenvalue weighted by atomic mass is 10.0. The molecule has 1 amide bonds. The molecule has 2 aromatic carbocycles. The molecule has 0 radical (unpaired) electrons. The summed E-state index contributed by atoms with van der Waals surface area (Å²) in [5, 5.41) is 18.2. The maximum Gasteiger partial charge on any atom is 0.420 e. The number of benzene rings is 2. The minimum Gasteiger partial charge on any atom is -0.489 e. The van der Waals surface area contributed by atoms with Crippen molar-refractivity contribution in [1.82, 2.24) is 0 Å². The first-order chi connectivity index (χ1) is 16.4. The summed E-state index contributed by atoms with van der Waals surface area (Å²) in [5.74, 6) is -1.83. The fourth-order valence-corrected chi connectivity index (χ4v) is 4.58. The highest BCUT2D eigenvalue weighted by Gasteiger charge is 2.52. The molecule has 2 aromatic rings. The standard InChI is InChI=1S/C23H19F4N3O4S/c1-22(2)20(32)29(15-5-3-12(10-28)18(19(15)24)23(25,26)27)21(35)30(22)13-4-6-16-17(9-13)33-8-7-14(11-31)34-16/h3-6,9,14,31H,7-8,11H2,1-2H3. The van der Waals surface area contributed by atoms with E-state index < -0.39 is 46.4 Å². The van der Waals surface area contributed by atoms with E-state index in [1.807, 2.05) is 0 Å². The molecule has 4 rings (SSSR count). The fraction of sp³-hybridized carbons (Fsp3) is 0.348. The molecule has 0 aliphatic carbocycles. The zero-order chi connectivity index (χ0) is 25.7. The molecule has 1 unspecified atom stereocenters. The molecule has 0 bridgehead atoms. The number of rotatable bonds is 3. The first-order valence-electron chi connectivity index (χ1n) is 10.4. The minimum absolute atomic E-state index is 0.201. The topological polar surface area (TPSA) is 86.0 Å². The molecular weight excluding hydrogens is 490 g/mol. The van der Waals surface area contributed by atoms with Gasteiger partial charge in [-0.3, -0.25) is 9.69 Å². The van der Waals surface area contributed by atoms with E-state index in [0.717, 1.165) is 12.1 Å². The molecule has 0 saturated carbocycles. The SMILES string of the molecule is CC1(C)C(=O)N(c2ccc(C#N)c(C(F)(F)F)c2F)C(=S)N1c1ccc2c(c1)OCCC(CO)O2. The molecule has 1 saturated heterocycles. The second-order valence-electron chi connectivity index (χ2n) is 8.44. The molecule has 12 heteroatoms. The lowest BCUT2D eigenvalue weighted by Gasteiger charge is -2.30. The van der Waals surface area contributed by atoms with Gasteiger partial charge in [0, 0.05) is 18.2 Å². The number of fused-ring (bicyclic) bond motifs is 1. The predicted molar refractivity (Wildman–Crippen MR) is 121 cm³/mol. The van der Waals surface area contributed by atoms with Crippen molar-refractivity contribution in [2.24, 2.45) is 0 Å². The number of thiocarbonyl (C=S) groups is 1. The summed E-state index contributed by atoms with van der Waals surface area (Å²) in [5.41, 5.74) is -4.41. The van der Waals surface area contributed by atoms with Crippen molar-refractivity contribution in [2.75, 3.05) is 23.0 Å². The van der Waals surface area contributed by atoms with Gasteiger partial charge < -0.3 is 19.5 Å². The van der Waals surface area contributed by atoms with Crippen molar-refractivity contribution in [3.8, 4) is 17.6 Å². The normalized spacial score (nSPS) is 19.5. The van der Waals surface area contributed by atoms with Crippen LogP contribution in [0.15, 0.2) is 30.3 Å². The summed E-state index contributed by atoms with van der Waals surface area (Å²) < 4.78 is 67.1. The minimum atomic E-state index is -5.16. The number of amides is 1. The van der Waals surface area contributed by atoms with Gasteiger partial charge in [-0.05, 0) is 50.3 Å². The van der Waals surface area contributed by atoms with E-state index in [-0.39, 0.29) is 18.3 Å². The van der Waals surface area contributed by atoms with Gasteiger partial charge in [-0.25, -0.2) is 4.39 Å². The molecule has 184 valence electrons. The number of halogens is 4. The monoisotopic (exact) mass is 509 g/mol. The number of aliphatic hydroxyl groups is 1. The zero-order valence-corrected chi connectivity index (χ0v) is 19.3. The molecule has 2 aliphatic heterocycles. The van der Waals surface area contributed by atoms with E-state index in [9.17, 15) is 23.1 Å². The number of ether oxygens (including phenoxy) is 2. The first-order valence-corrected chi connectivity index (χ1v) is 10.9. The van der Waals surface area contributed by atoms with Crippen LogP contribution in [-0.4, -0.2) is 41.0 Å². The van der Waals surface area contributed by atoms with Gasteiger partial charge in [0.25, 0.3) is 5.91 Å². The second-order valence-corrected chi connectivity index (χ2v) is 8.80. The Morgan fingerprint density at radius 2 is 1.97 bits per heavy atom. The average Bonchev–Trinajstić information content (AvgIpc) is 2.92. The van der Waals surface area contributed by atoms with Crippen LogP contribution in [-0.2, 0) is 11.0 Å². The molecule has 35 heavy (non-hydrogen) atoms. The Kier molecular flexibility index (Phi) is 6.11. The number of hydrogen-bond acceptors (Lipinski definition) is 6. The van der Waals surface area contributed by atoms with Crippen molar-refractivity contribution in [3.63, 3.8) is 0 Å². The Morgan fingerprint density at radius 3 is 2.60 bits per heavy atom. The van der Waals surface area contributed by atoms with Crippen LogP contribution >= 0.6 is 12.2 Å². The van der Waals surface area contributed by atoms with Crippen molar-refractivity contribution in [2.45, 2.75) is 38.1 Å².